The fourth-order valence-electron chi connectivity index (χ4n) is 2.02. The largest absolute Gasteiger partial charge is 0.492 e. The maximum Gasteiger partial charge on any atom is 0.339 e. The molecule has 1 N–H and O–H groups in total. The van der Waals surface area contributed by atoms with Crippen LogP contribution in [0.2, 0.25) is 0 Å². The van der Waals surface area contributed by atoms with Crippen LogP contribution in [0.3, 0.4) is 0 Å². The first kappa shape index (κ1) is 15.3. The van der Waals surface area contributed by atoms with E-state index in [1.165, 1.54) is 13.2 Å². The van der Waals surface area contributed by atoms with Crippen LogP contribution in [0.15, 0.2) is 55.1 Å². The fraction of sp³-hybridized carbons (Fsp3) is 0.0588. The molecule has 0 saturated heterocycles. The lowest BCUT2D eigenvalue weighted by atomic mass is 10.0. The summed E-state index contributed by atoms with van der Waals surface area (Å²) < 4.78 is 10.4. The SMILES string of the molecule is C=CC(=O)Oc1c(C(=O)O)ccc(-c2ccccc2)c1OC. The average Bonchev–Trinajstić information content (AvgIpc) is 2.54. The van der Waals surface area contributed by atoms with Crippen LogP contribution >= 0.6 is 0 Å². The number of carbonyl (C=O) groups is 2. The highest BCUT2D eigenvalue weighted by atomic mass is 16.6. The molecule has 5 heteroatoms. The van der Waals surface area contributed by atoms with Crippen molar-refractivity contribution in [1.82, 2.24) is 0 Å². The van der Waals surface area contributed by atoms with E-state index in [-0.39, 0.29) is 17.1 Å². The molecule has 0 spiro atoms. The minimum Gasteiger partial charge on any atom is -0.492 e. The summed E-state index contributed by atoms with van der Waals surface area (Å²) in [6.45, 7) is 3.30. The van der Waals surface area contributed by atoms with Gasteiger partial charge in [0, 0.05) is 11.6 Å². The fourth-order valence-corrected chi connectivity index (χ4v) is 2.02. The van der Waals surface area contributed by atoms with E-state index < -0.39 is 11.9 Å². The summed E-state index contributed by atoms with van der Waals surface area (Å²) >= 11 is 0. The van der Waals surface area contributed by atoms with E-state index in [0.717, 1.165) is 11.6 Å². The number of carbonyl (C=O) groups excluding carboxylic acids is 1. The van der Waals surface area contributed by atoms with E-state index in [0.29, 0.717) is 5.56 Å². The van der Waals surface area contributed by atoms with Crippen LogP contribution in [0.1, 0.15) is 10.4 Å². The van der Waals surface area contributed by atoms with E-state index in [4.69, 9.17) is 9.47 Å². The van der Waals surface area contributed by atoms with Gasteiger partial charge in [-0.25, -0.2) is 9.59 Å². The summed E-state index contributed by atoms with van der Waals surface area (Å²) in [4.78, 5) is 22.8. The molecule has 2 rings (SSSR count). The normalized spacial score (nSPS) is 9.86. The zero-order valence-electron chi connectivity index (χ0n) is 11.9. The lowest BCUT2D eigenvalue weighted by Gasteiger charge is -2.15. The minimum absolute atomic E-state index is 0.138. The van der Waals surface area contributed by atoms with E-state index in [1.54, 1.807) is 6.07 Å². The Morgan fingerprint density at radius 3 is 2.32 bits per heavy atom. The zero-order valence-corrected chi connectivity index (χ0v) is 11.9. The molecule has 0 atom stereocenters. The van der Waals surface area contributed by atoms with Crippen LogP contribution < -0.4 is 9.47 Å². The van der Waals surface area contributed by atoms with Crippen molar-refractivity contribution in [1.29, 1.82) is 0 Å². The molecule has 112 valence electrons. The molecule has 0 radical (unpaired) electrons. The molecule has 0 unspecified atom stereocenters. The van der Waals surface area contributed by atoms with E-state index in [9.17, 15) is 14.7 Å². The number of methoxy groups -OCH3 is 1. The number of hydrogen-bond donors (Lipinski definition) is 1. The number of rotatable bonds is 5. The van der Waals surface area contributed by atoms with Crippen LogP contribution in [-0.4, -0.2) is 24.2 Å². The molecular weight excluding hydrogens is 284 g/mol. The highest BCUT2D eigenvalue weighted by Crippen LogP contribution is 2.40. The van der Waals surface area contributed by atoms with Gasteiger partial charge in [-0.05, 0) is 17.7 Å². The molecule has 0 aliphatic heterocycles. The number of carboxylic acid groups (broad SMARTS) is 1. The van der Waals surface area contributed by atoms with Gasteiger partial charge in [0.2, 0.25) is 0 Å². The second kappa shape index (κ2) is 6.58. The molecule has 2 aromatic carbocycles. The molecule has 0 saturated carbocycles. The van der Waals surface area contributed by atoms with Crippen LogP contribution in [0, 0.1) is 0 Å². The van der Waals surface area contributed by atoms with Gasteiger partial charge in [0.1, 0.15) is 5.56 Å². The highest BCUT2D eigenvalue weighted by molar-refractivity contribution is 5.96. The zero-order chi connectivity index (χ0) is 16.1. The van der Waals surface area contributed by atoms with Crippen molar-refractivity contribution in [2.24, 2.45) is 0 Å². The van der Waals surface area contributed by atoms with E-state index in [1.807, 2.05) is 30.3 Å². The molecule has 0 aromatic heterocycles. The van der Waals surface area contributed by atoms with Gasteiger partial charge in [0.25, 0.3) is 0 Å². The van der Waals surface area contributed by atoms with Crippen molar-refractivity contribution < 1.29 is 24.2 Å². The lowest BCUT2D eigenvalue weighted by molar-refractivity contribution is -0.129. The summed E-state index contributed by atoms with van der Waals surface area (Å²) in [6.07, 6.45) is 0.959. The van der Waals surface area contributed by atoms with Crippen molar-refractivity contribution in [3.05, 3.63) is 60.7 Å². The van der Waals surface area contributed by atoms with Crippen molar-refractivity contribution in [2.75, 3.05) is 7.11 Å². The lowest BCUT2D eigenvalue weighted by Crippen LogP contribution is -2.10. The van der Waals surface area contributed by atoms with E-state index >= 15 is 0 Å². The van der Waals surface area contributed by atoms with Crippen LogP contribution in [0.4, 0.5) is 0 Å². The summed E-state index contributed by atoms with van der Waals surface area (Å²) in [5.74, 6) is -1.93. The Morgan fingerprint density at radius 1 is 1.09 bits per heavy atom. The van der Waals surface area contributed by atoms with Crippen molar-refractivity contribution in [3.63, 3.8) is 0 Å². The van der Waals surface area contributed by atoms with Crippen molar-refractivity contribution in [2.45, 2.75) is 0 Å². The number of aromatic carboxylic acids is 1. The van der Waals surface area contributed by atoms with Crippen molar-refractivity contribution in [3.8, 4) is 22.6 Å². The quantitative estimate of drug-likeness (QED) is 0.521. The van der Waals surface area contributed by atoms with Gasteiger partial charge in [-0.1, -0.05) is 36.9 Å². The summed E-state index contributed by atoms with van der Waals surface area (Å²) in [7, 11) is 1.39. The molecule has 0 aliphatic rings. The third-order valence-corrected chi connectivity index (χ3v) is 3.00. The predicted octanol–water partition coefficient (Wildman–Crippen LogP) is 3.15. The maximum atomic E-state index is 11.5. The van der Waals surface area contributed by atoms with Gasteiger partial charge >= 0.3 is 11.9 Å². The Labute approximate surface area is 127 Å². The smallest absolute Gasteiger partial charge is 0.339 e. The average molecular weight is 298 g/mol. The Hall–Kier alpha value is -3.08. The molecule has 0 fully saturated rings. The predicted molar refractivity (Wildman–Crippen MR) is 81.2 cm³/mol. The maximum absolute atomic E-state index is 11.5. The molecule has 0 heterocycles. The topological polar surface area (TPSA) is 72.8 Å². The third-order valence-electron chi connectivity index (χ3n) is 3.00. The van der Waals surface area contributed by atoms with Gasteiger partial charge in [-0.2, -0.15) is 0 Å². The first-order valence-electron chi connectivity index (χ1n) is 6.42. The highest BCUT2D eigenvalue weighted by Gasteiger charge is 2.22. The first-order chi connectivity index (χ1) is 10.6. The number of carboxylic acids is 1. The second-order valence-electron chi connectivity index (χ2n) is 4.32. The number of hydrogen-bond acceptors (Lipinski definition) is 4. The van der Waals surface area contributed by atoms with Gasteiger partial charge in [0.05, 0.1) is 7.11 Å². The summed E-state index contributed by atoms with van der Waals surface area (Å²) in [6, 6.07) is 12.2. The Morgan fingerprint density at radius 2 is 1.77 bits per heavy atom. The van der Waals surface area contributed by atoms with Crippen LogP contribution in [-0.2, 0) is 4.79 Å². The van der Waals surface area contributed by atoms with Gasteiger partial charge in [-0.3, -0.25) is 0 Å². The Bertz CT molecular complexity index is 719. The molecule has 22 heavy (non-hydrogen) atoms. The van der Waals surface area contributed by atoms with Gasteiger partial charge in [-0.15, -0.1) is 0 Å². The molecule has 5 nitrogen and oxygen atoms in total. The molecule has 2 aromatic rings. The standard InChI is InChI=1S/C17H14O5/c1-3-14(18)22-16-13(17(19)20)10-9-12(15(16)21-2)11-7-5-4-6-8-11/h3-10H,1H2,2H3,(H,19,20). The first-order valence-corrected chi connectivity index (χ1v) is 6.42. The van der Waals surface area contributed by atoms with Gasteiger partial charge < -0.3 is 14.6 Å². The summed E-state index contributed by atoms with van der Waals surface area (Å²) in [5, 5.41) is 9.26. The minimum atomic E-state index is -1.22. The molecule has 0 aliphatic carbocycles. The van der Waals surface area contributed by atoms with Crippen molar-refractivity contribution >= 4 is 11.9 Å². The number of esters is 1. The third kappa shape index (κ3) is 2.98. The van der Waals surface area contributed by atoms with Gasteiger partial charge in [0.15, 0.2) is 11.5 Å². The second-order valence-corrected chi connectivity index (χ2v) is 4.32. The summed E-state index contributed by atoms with van der Waals surface area (Å²) in [5.41, 5.74) is 1.28. The molecular formula is C17H14O5. The Kier molecular flexibility index (Phi) is 4.58. The number of benzene rings is 2. The van der Waals surface area contributed by atoms with Crippen LogP contribution in [0.25, 0.3) is 11.1 Å². The Balaban J connectivity index is 2.68. The van der Waals surface area contributed by atoms with Crippen LogP contribution in [0.5, 0.6) is 11.5 Å². The molecule has 0 amide bonds. The number of ether oxygens (including phenoxy) is 2. The van der Waals surface area contributed by atoms with E-state index in [2.05, 4.69) is 6.58 Å². The molecule has 0 bridgehead atoms. The monoisotopic (exact) mass is 298 g/mol.